The molecular weight excluding hydrogens is 269 g/mol. The van der Waals surface area contributed by atoms with Crippen LogP contribution in [0.4, 0.5) is 10.1 Å². The van der Waals surface area contributed by atoms with Crippen LogP contribution in [-0.4, -0.2) is 14.2 Å². The van der Waals surface area contributed by atoms with Crippen LogP contribution in [0.1, 0.15) is 24.1 Å². The Kier molecular flexibility index (Phi) is 4.68. The zero-order valence-electron chi connectivity index (χ0n) is 12.7. The van der Waals surface area contributed by atoms with Crippen LogP contribution in [0.2, 0.25) is 0 Å². The molecule has 0 amide bonds. The Morgan fingerprint density at radius 1 is 1.00 bits per heavy atom. The summed E-state index contributed by atoms with van der Waals surface area (Å²) < 4.78 is 24.1. The van der Waals surface area contributed by atoms with Gasteiger partial charge >= 0.3 is 0 Å². The molecule has 1 atom stereocenters. The smallest absolute Gasteiger partial charge is 0.162 e. The number of methoxy groups -OCH3 is 2. The highest BCUT2D eigenvalue weighted by Crippen LogP contribution is 2.31. The first-order valence-electron chi connectivity index (χ1n) is 6.79. The summed E-state index contributed by atoms with van der Waals surface area (Å²) in [6, 6.07) is 10.9. The number of rotatable bonds is 5. The van der Waals surface area contributed by atoms with Crippen LogP contribution in [0, 0.1) is 12.7 Å². The Hall–Kier alpha value is -2.23. The van der Waals surface area contributed by atoms with Crippen molar-refractivity contribution in [2.45, 2.75) is 19.9 Å². The number of aryl methyl sites for hydroxylation is 1. The molecular formula is C17H20FNO2. The molecule has 4 heteroatoms. The lowest BCUT2D eigenvalue weighted by Gasteiger charge is -2.17. The number of nitrogens with one attached hydrogen (secondary N) is 1. The lowest BCUT2D eigenvalue weighted by atomic mass is 10.1. The molecule has 0 aromatic heterocycles. The third-order valence-electron chi connectivity index (χ3n) is 3.46. The summed E-state index contributed by atoms with van der Waals surface area (Å²) in [5, 5.41) is 3.33. The van der Waals surface area contributed by atoms with Crippen molar-refractivity contribution in [3.63, 3.8) is 0 Å². The molecule has 0 radical (unpaired) electrons. The van der Waals surface area contributed by atoms with E-state index in [0.717, 1.165) is 11.3 Å². The molecule has 0 bridgehead atoms. The maximum absolute atomic E-state index is 13.6. The first-order chi connectivity index (χ1) is 10.0. The Balaban J connectivity index is 2.18. The minimum absolute atomic E-state index is 0.0156. The molecule has 1 unspecified atom stereocenters. The number of hydrogen-bond acceptors (Lipinski definition) is 3. The minimum Gasteiger partial charge on any atom is -0.493 e. The van der Waals surface area contributed by atoms with Gasteiger partial charge in [0.05, 0.1) is 14.2 Å². The molecule has 1 N–H and O–H groups in total. The van der Waals surface area contributed by atoms with Gasteiger partial charge in [-0.15, -0.1) is 0 Å². The van der Waals surface area contributed by atoms with E-state index in [4.69, 9.17) is 9.47 Å². The summed E-state index contributed by atoms with van der Waals surface area (Å²) >= 11 is 0. The van der Waals surface area contributed by atoms with Gasteiger partial charge in [0.1, 0.15) is 5.82 Å². The molecule has 2 rings (SSSR count). The molecule has 0 saturated heterocycles. The topological polar surface area (TPSA) is 30.5 Å². The Bertz CT molecular complexity index is 628. The Morgan fingerprint density at radius 2 is 1.71 bits per heavy atom. The van der Waals surface area contributed by atoms with Crippen molar-refractivity contribution in [2.24, 2.45) is 0 Å². The van der Waals surface area contributed by atoms with Crippen LogP contribution >= 0.6 is 0 Å². The first kappa shape index (κ1) is 15.2. The zero-order chi connectivity index (χ0) is 15.4. The fourth-order valence-corrected chi connectivity index (χ4v) is 2.14. The van der Waals surface area contributed by atoms with Crippen LogP contribution in [0.15, 0.2) is 36.4 Å². The van der Waals surface area contributed by atoms with Gasteiger partial charge in [-0.05, 0) is 43.2 Å². The quantitative estimate of drug-likeness (QED) is 0.889. The summed E-state index contributed by atoms with van der Waals surface area (Å²) in [5.74, 6) is 1.15. The van der Waals surface area contributed by atoms with Crippen molar-refractivity contribution in [3.05, 3.63) is 53.3 Å². The van der Waals surface area contributed by atoms with Crippen LogP contribution in [0.3, 0.4) is 0 Å². The van der Waals surface area contributed by atoms with Crippen molar-refractivity contribution >= 4 is 5.69 Å². The van der Waals surface area contributed by atoms with Crippen LogP contribution in [0.5, 0.6) is 11.5 Å². The fraction of sp³-hybridized carbons (Fsp3) is 0.294. The largest absolute Gasteiger partial charge is 0.493 e. The van der Waals surface area contributed by atoms with Gasteiger partial charge in [-0.2, -0.15) is 0 Å². The van der Waals surface area contributed by atoms with Gasteiger partial charge in [0.2, 0.25) is 0 Å². The average molecular weight is 289 g/mol. The van der Waals surface area contributed by atoms with Gasteiger partial charge in [0, 0.05) is 17.8 Å². The maximum Gasteiger partial charge on any atom is 0.162 e. The SMILES string of the molecule is COc1ccc(NC(C)c2ccc(C)c(F)c2)cc1OC. The van der Waals surface area contributed by atoms with E-state index < -0.39 is 0 Å². The molecule has 0 aliphatic carbocycles. The standard InChI is InChI=1S/C17H20FNO2/c1-11-5-6-13(9-15(11)18)12(2)19-14-7-8-16(20-3)17(10-14)21-4/h5-10,12,19H,1-4H3. The van der Waals surface area contributed by atoms with Gasteiger partial charge in [-0.25, -0.2) is 4.39 Å². The lowest BCUT2D eigenvalue weighted by Crippen LogP contribution is -2.07. The van der Waals surface area contributed by atoms with E-state index in [1.54, 1.807) is 33.3 Å². The van der Waals surface area contributed by atoms with Gasteiger partial charge in [-0.1, -0.05) is 12.1 Å². The summed E-state index contributed by atoms with van der Waals surface area (Å²) in [6.45, 7) is 3.74. The lowest BCUT2D eigenvalue weighted by molar-refractivity contribution is 0.355. The normalized spacial score (nSPS) is 11.9. The fourth-order valence-electron chi connectivity index (χ4n) is 2.14. The van der Waals surface area contributed by atoms with E-state index in [1.807, 2.05) is 31.2 Å². The molecule has 0 aliphatic heterocycles. The third kappa shape index (κ3) is 3.45. The molecule has 0 aliphatic rings. The van der Waals surface area contributed by atoms with Crippen molar-refractivity contribution in [2.75, 3.05) is 19.5 Å². The summed E-state index contributed by atoms with van der Waals surface area (Å²) in [6.07, 6.45) is 0. The molecule has 0 fully saturated rings. The van der Waals surface area contributed by atoms with Crippen molar-refractivity contribution in [1.82, 2.24) is 0 Å². The van der Waals surface area contributed by atoms with E-state index >= 15 is 0 Å². The van der Waals surface area contributed by atoms with E-state index in [1.165, 1.54) is 0 Å². The number of hydrogen-bond donors (Lipinski definition) is 1. The van der Waals surface area contributed by atoms with Gasteiger partial charge in [0.15, 0.2) is 11.5 Å². The van der Waals surface area contributed by atoms with E-state index in [9.17, 15) is 4.39 Å². The van der Waals surface area contributed by atoms with Crippen LogP contribution in [0.25, 0.3) is 0 Å². The second kappa shape index (κ2) is 6.48. The molecule has 3 nitrogen and oxygen atoms in total. The van der Waals surface area contributed by atoms with Gasteiger partial charge in [0.25, 0.3) is 0 Å². The molecule has 0 spiro atoms. The number of halogens is 1. The first-order valence-corrected chi connectivity index (χ1v) is 6.79. The predicted molar refractivity (Wildman–Crippen MR) is 82.7 cm³/mol. The molecule has 21 heavy (non-hydrogen) atoms. The summed E-state index contributed by atoms with van der Waals surface area (Å²) in [4.78, 5) is 0. The van der Waals surface area contributed by atoms with Crippen LogP contribution in [-0.2, 0) is 0 Å². The monoisotopic (exact) mass is 289 g/mol. The van der Waals surface area contributed by atoms with Crippen molar-refractivity contribution < 1.29 is 13.9 Å². The highest BCUT2D eigenvalue weighted by Gasteiger charge is 2.10. The molecule has 0 heterocycles. The minimum atomic E-state index is -0.187. The van der Waals surface area contributed by atoms with Gasteiger partial charge < -0.3 is 14.8 Å². The maximum atomic E-state index is 13.6. The number of anilines is 1. The second-order valence-electron chi connectivity index (χ2n) is 4.94. The highest BCUT2D eigenvalue weighted by atomic mass is 19.1. The Labute approximate surface area is 124 Å². The van der Waals surface area contributed by atoms with Gasteiger partial charge in [-0.3, -0.25) is 0 Å². The number of ether oxygens (including phenoxy) is 2. The van der Waals surface area contributed by atoms with E-state index in [2.05, 4.69) is 5.32 Å². The summed E-state index contributed by atoms with van der Waals surface area (Å²) in [7, 11) is 3.20. The molecule has 2 aromatic carbocycles. The molecule has 2 aromatic rings. The third-order valence-corrected chi connectivity index (χ3v) is 3.46. The Morgan fingerprint density at radius 3 is 2.33 bits per heavy atom. The van der Waals surface area contributed by atoms with Crippen molar-refractivity contribution in [1.29, 1.82) is 0 Å². The highest BCUT2D eigenvalue weighted by molar-refractivity contribution is 5.55. The predicted octanol–water partition coefficient (Wildman–Crippen LogP) is 4.32. The van der Waals surface area contributed by atoms with Crippen LogP contribution < -0.4 is 14.8 Å². The zero-order valence-corrected chi connectivity index (χ0v) is 12.7. The average Bonchev–Trinajstić information content (AvgIpc) is 2.49. The summed E-state index contributed by atoms with van der Waals surface area (Å²) in [5.41, 5.74) is 2.44. The van der Waals surface area contributed by atoms with E-state index in [-0.39, 0.29) is 11.9 Å². The van der Waals surface area contributed by atoms with Crippen molar-refractivity contribution in [3.8, 4) is 11.5 Å². The molecule has 112 valence electrons. The van der Waals surface area contributed by atoms with E-state index in [0.29, 0.717) is 17.1 Å². The number of benzene rings is 2. The molecule has 0 saturated carbocycles. The second-order valence-corrected chi connectivity index (χ2v) is 4.94.